The predicted molar refractivity (Wildman–Crippen MR) is 123 cm³/mol. The van der Waals surface area contributed by atoms with Gasteiger partial charge in [-0.15, -0.1) is 0 Å². The summed E-state index contributed by atoms with van der Waals surface area (Å²) in [4.78, 5) is 33.1. The van der Waals surface area contributed by atoms with Gasteiger partial charge >= 0.3 is 0 Å². The van der Waals surface area contributed by atoms with E-state index in [0.717, 1.165) is 18.2 Å². The lowest BCUT2D eigenvalue weighted by molar-refractivity contribution is 0.0657. The molecule has 5 heterocycles. The molecule has 4 aromatic rings. The summed E-state index contributed by atoms with van der Waals surface area (Å²) in [6, 6.07) is 2.21. The number of likely N-dealkylation sites (tertiary alicyclic amines) is 1. The van der Waals surface area contributed by atoms with Crippen molar-refractivity contribution in [1.29, 1.82) is 0 Å². The summed E-state index contributed by atoms with van der Waals surface area (Å²) in [5.41, 5.74) is 1.79. The molecule has 4 N–H and O–H groups in total. The van der Waals surface area contributed by atoms with E-state index in [0.29, 0.717) is 57.5 Å². The zero-order valence-electron chi connectivity index (χ0n) is 17.6. The van der Waals surface area contributed by atoms with Gasteiger partial charge in [0, 0.05) is 24.5 Å². The molecular weight excluding hydrogens is 478 g/mol. The number of hydrogen-bond donors (Lipinski definition) is 4. The van der Waals surface area contributed by atoms with E-state index in [1.807, 2.05) is 4.90 Å². The second-order valence-corrected chi connectivity index (χ2v) is 8.83. The second kappa shape index (κ2) is 8.02. The van der Waals surface area contributed by atoms with Crippen LogP contribution in [0.5, 0.6) is 5.88 Å². The molecule has 0 aliphatic carbocycles. The Morgan fingerprint density at radius 2 is 2.06 bits per heavy atom. The Labute approximate surface area is 191 Å². The standard InChI is InChI=1S/C20H22BrN9O2/c1-29(2)11-3-5-30(6-4-11)20(32)15-14(21)13-17(22-9-23-18(13)26-15)25-12-7-10-8-24-28-16(10)27-19(12)31/h7-9,11H,3-6H2,1-2H3,(H2,22,23,25,26)(H2,24,27,28,31). The van der Waals surface area contributed by atoms with Gasteiger partial charge in [-0.25, -0.2) is 9.97 Å². The number of rotatable bonds is 4. The van der Waals surface area contributed by atoms with Crippen LogP contribution in [0.15, 0.2) is 23.1 Å². The van der Waals surface area contributed by atoms with Crippen molar-refractivity contribution in [3.8, 4) is 5.88 Å². The number of pyridine rings is 1. The fourth-order valence-corrected chi connectivity index (χ4v) is 4.71. The second-order valence-electron chi connectivity index (χ2n) is 8.04. The largest absolute Gasteiger partial charge is 0.492 e. The van der Waals surface area contributed by atoms with Gasteiger partial charge in [-0.05, 0) is 48.9 Å². The summed E-state index contributed by atoms with van der Waals surface area (Å²) >= 11 is 3.57. The first kappa shape index (κ1) is 20.6. The van der Waals surface area contributed by atoms with Gasteiger partial charge in [0.05, 0.1) is 16.1 Å². The molecule has 0 atom stereocenters. The molecule has 32 heavy (non-hydrogen) atoms. The van der Waals surface area contributed by atoms with Gasteiger partial charge < -0.3 is 25.2 Å². The number of piperidine rings is 1. The predicted octanol–water partition coefficient (Wildman–Crippen LogP) is 2.61. The Kier molecular flexibility index (Phi) is 5.18. The molecular formula is C20H22BrN9O2. The van der Waals surface area contributed by atoms with Crippen LogP contribution in [0.3, 0.4) is 0 Å². The number of carbonyl (C=O) groups excluding carboxylic acids is 1. The molecule has 1 fully saturated rings. The molecule has 12 heteroatoms. The number of halogens is 1. The number of nitrogens with zero attached hydrogens (tertiary/aromatic N) is 6. The topological polar surface area (TPSA) is 139 Å². The molecule has 0 radical (unpaired) electrons. The zero-order valence-corrected chi connectivity index (χ0v) is 19.1. The number of aromatic nitrogens is 6. The van der Waals surface area contributed by atoms with E-state index in [-0.39, 0.29) is 11.8 Å². The Balaban J connectivity index is 1.46. The van der Waals surface area contributed by atoms with Crippen LogP contribution in [0.4, 0.5) is 11.5 Å². The van der Waals surface area contributed by atoms with Gasteiger partial charge in [-0.2, -0.15) is 10.1 Å². The van der Waals surface area contributed by atoms with Crippen LogP contribution in [0, 0.1) is 0 Å². The monoisotopic (exact) mass is 499 g/mol. The summed E-state index contributed by atoms with van der Waals surface area (Å²) in [5, 5.41) is 21.4. The van der Waals surface area contributed by atoms with Crippen LogP contribution < -0.4 is 5.32 Å². The molecule has 1 amide bonds. The highest BCUT2D eigenvalue weighted by Crippen LogP contribution is 2.35. The molecule has 1 saturated heterocycles. The number of hydrogen-bond acceptors (Lipinski definition) is 8. The van der Waals surface area contributed by atoms with Crippen LogP contribution >= 0.6 is 15.9 Å². The quantitative estimate of drug-likeness (QED) is 0.336. The van der Waals surface area contributed by atoms with Gasteiger partial charge in [-0.3, -0.25) is 9.89 Å². The van der Waals surface area contributed by atoms with Crippen molar-refractivity contribution >= 4 is 55.4 Å². The van der Waals surface area contributed by atoms with Crippen molar-refractivity contribution < 1.29 is 9.90 Å². The van der Waals surface area contributed by atoms with Gasteiger partial charge in [0.2, 0.25) is 5.88 Å². The minimum atomic E-state index is -0.194. The number of fused-ring (bicyclic) bond motifs is 2. The maximum atomic E-state index is 13.2. The molecule has 166 valence electrons. The smallest absolute Gasteiger partial charge is 0.271 e. The molecule has 1 aliphatic rings. The highest BCUT2D eigenvalue weighted by molar-refractivity contribution is 9.10. The van der Waals surface area contributed by atoms with E-state index in [2.05, 4.69) is 70.4 Å². The molecule has 1 aliphatic heterocycles. The first-order valence-corrected chi connectivity index (χ1v) is 11.0. The third-order valence-electron chi connectivity index (χ3n) is 5.88. The molecule has 5 rings (SSSR count). The molecule has 0 saturated carbocycles. The number of carbonyl (C=O) groups is 1. The van der Waals surface area contributed by atoms with Crippen LogP contribution in [0.25, 0.3) is 22.1 Å². The van der Waals surface area contributed by atoms with E-state index in [9.17, 15) is 9.90 Å². The molecule has 0 bridgehead atoms. The summed E-state index contributed by atoms with van der Waals surface area (Å²) in [6.07, 6.45) is 4.88. The number of nitrogens with one attached hydrogen (secondary N) is 3. The first-order valence-electron chi connectivity index (χ1n) is 10.2. The molecule has 0 aromatic carbocycles. The van der Waals surface area contributed by atoms with E-state index in [1.165, 1.54) is 6.33 Å². The van der Waals surface area contributed by atoms with Gasteiger partial charge in [-0.1, -0.05) is 0 Å². The maximum Gasteiger partial charge on any atom is 0.271 e. The van der Waals surface area contributed by atoms with Crippen LogP contribution in [-0.2, 0) is 0 Å². The maximum absolute atomic E-state index is 13.2. The Hall–Kier alpha value is -3.25. The summed E-state index contributed by atoms with van der Waals surface area (Å²) < 4.78 is 0.576. The summed E-state index contributed by atoms with van der Waals surface area (Å²) in [7, 11) is 4.14. The Morgan fingerprint density at radius 3 is 2.81 bits per heavy atom. The number of aromatic amines is 2. The number of H-pyrrole nitrogens is 2. The fourth-order valence-electron chi connectivity index (χ4n) is 4.06. The third kappa shape index (κ3) is 3.54. The van der Waals surface area contributed by atoms with E-state index >= 15 is 0 Å². The van der Waals surface area contributed by atoms with Gasteiger partial charge in [0.1, 0.15) is 29.2 Å². The molecule has 11 nitrogen and oxygen atoms in total. The highest BCUT2D eigenvalue weighted by atomic mass is 79.9. The van der Waals surface area contributed by atoms with Crippen molar-refractivity contribution in [2.45, 2.75) is 18.9 Å². The zero-order chi connectivity index (χ0) is 22.4. The lowest BCUT2D eigenvalue weighted by Gasteiger charge is -2.35. The normalized spacial score (nSPS) is 15.2. The fraction of sp³-hybridized carbons (Fsp3) is 0.350. The Morgan fingerprint density at radius 1 is 1.28 bits per heavy atom. The first-order chi connectivity index (χ1) is 15.4. The highest BCUT2D eigenvalue weighted by Gasteiger charge is 2.28. The molecule has 0 unspecified atom stereocenters. The summed E-state index contributed by atoms with van der Waals surface area (Å²) in [5.74, 6) is 0.158. The number of anilines is 2. The van der Waals surface area contributed by atoms with E-state index in [4.69, 9.17) is 0 Å². The van der Waals surface area contributed by atoms with E-state index < -0.39 is 0 Å². The van der Waals surface area contributed by atoms with E-state index in [1.54, 1.807) is 12.3 Å². The minimum Gasteiger partial charge on any atom is -0.492 e. The summed E-state index contributed by atoms with van der Waals surface area (Å²) in [6.45, 7) is 1.40. The van der Waals surface area contributed by atoms with Gasteiger partial charge in [0.15, 0.2) is 5.65 Å². The van der Waals surface area contributed by atoms with Crippen molar-refractivity contribution in [1.82, 2.24) is 39.9 Å². The SMILES string of the molecule is CN(C)C1CCN(C(=O)c2[nH]c3ncnc(Nc4cc5cn[nH]c5nc4O)c3c2Br)CC1. The van der Waals surface area contributed by atoms with Crippen LogP contribution in [0.1, 0.15) is 23.3 Å². The van der Waals surface area contributed by atoms with Gasteiger partial charge in [0.25, 0.3) is 5.91 Å². The van der Waals surface area contributed by atoms with Crippen molar-refractivity contribution in [3.05, 3.63) is 28.8 Å². The average molecular weight is 500 g/mol. The number of aromatic hydroxyl groups is 1. The average Bonchev–Trinajstić information content (AvgIpc) is 3.38. The van der Waals surface area contributed by atoms with Crippen molar-refractivity contribution in [2.24, 2.45) is 0 Å². The molecule has 0 spiro atoms. The molecule has 4 aromatic heterocycles. The Bertz CT molecular complexity index is 1310. The van der Waals surface area contributed by atoms with Crippen molar-refractivity contribution in [2.75, 3.05) is 32.5 Å². The van der Waals surface area contributed by atoms with Crippen LogP contribution in [-0.4, -0.2) is 84.2 Å². The lowest BCUT2D eigenvalue weighted by atomic mass is 10.0. The van der Waals surface area contributed by atoms with Crippen molar-refractivity contribution in [3.63, 3.8) is 0 Å². The number of amides is 1. The lowest BCUT2D eigenvalue weighted by Crippen LogP contribution is -2.44. The van der Waals surface area contributed by atoms with Crippen LogP contribution in [0.2, 0.25) is 0 Å². The third-order valence-corrected chi connectivity index (χ3v) is 6.68. The minimum absolute atomic E-state index is 0.0811.